The van der Waals surface area contributed by atoms with Crippen molar-refractivity contribution in [3.8, 4) is 5.40 Å². The molecule has 1 aromatic heterocycles. The van der Waals surface area contributed by atoms with E-state index in [4.69, 9.17) is 9.68 Å². The molecule has 1 heterocycles. The highest BCUT2D eigenvalue weighted by Crippen LogP contribution is 2.23. The number of thiocarbonyl (C=S) groups is 1. The number of hydrogen-bond donors (Lipinski definition) is 0. The van der Waals surface area contributed by atoms with E-state index in [9.17, 15) is 0 Å². The normalized spacial score (nSPS) is 11.6. The molecule has 0 aliphatic carbocycles. The first-order valence-electron chi connectivity index (χ1n) is 8.64. The quantitative estimate of drug-likeness (QED) is 0.190. The summed E-state index contributed by atoms with van der Waals surface area (Å²) in [7, 11) is 0. The van der Waals surface area contributed by atoms with Gasteiger partial charge in [-0.1, -0.05) is 0 Å². The lowest BCUT2D eigenvalue weighted by molar-refractivity contribution is 0.548. The van der Waals surface area contributed by atoms with Crippen molar-refractivity contribution in [1.82, 2.24) is 0 Å². The number of rotatable bonds is 6. The summed E-state index contributed by atoms with van der Waals surface area (Å²) in [4.78, 5) is 14.0. The summed E-state index contributed by atoms with van der Waals surface area (Å²) < 4.78 is 5.93. The van der Waals surface area contributed by atoms with E-state index in [2.05, 4.69) is 37.8 Å². The van der Waals surface area contributed by atoms with E-state index < -0.39 is 0 Å². The maximum absolute atomic E-state index is 8.71. The Labute approximate surface area is 178 Å². The monoisotopic (exact) mass is 416 g/mol. The molecule has 0 atom stereocenters. The first-order chi connectivity index (χ1) is 14.1. The van der Waals surface area contributed by atoms with Gasteiger partial charge in [-0.25, -0.2) is 9.98 Å². The number of thioether (sulfide) groups is 1. The third-order valence-corrected chi connectivity index (χ3v) is 4.63. The summed E-state index contributed by atoms with van der Waals surface area (Å²) in [5, 5.41) is 13.1. The van der Waals surface area contributed by atoms with Crippen molar-refractivity contribution in [2.24, 2.45) is 15.0 Å². The van der Waals surface area contributed by atoms with E-state index in [1.165, 1.54) is 0 Å². The second-order valence-corrected chi connectivity index (χ2v) is 7.01. The lowest BCUT2D eigenvalue weighted by Crippen LogP contribution is -1.93. The van der Waals surface area contributed by atoms with E-state index >= 15 is 0 Å². The zero-order valence-electron chi connectivity index (χ0n) is 15.8. The van der Waals surface area contributed by atoms with Crippen molar-refractivity contribution >= 4 is 57.6 Å². The molecule has 3 aromatic rings. The molecule has 0 spiro atoms. The maximum Gasteiger partial charge on any atom is 0.148 e. The number of benzene rings is 2. The summed E-state index contributed by atoms with van der Waals surface area (Å²) in [5.41, 5.74) is 3.85. The first kappa shape index (κ1) is 20.4. The molecular formula is C22H16N4OS2. The van der Waals surface area contributed by atoms with Gasteiger partial charge in [0.05, 0.1) is 33.6 Å². The van der Waals surface area contributed by atoms with Gasteiger partial charge < -0.3 is 4.42 Å². The van der Waals surface area contributed by atoms with Gasteiger partial charge in [0.15, 0.2) is 0 Å². The molecule has 3 rings (SSSR count). The number of nitrogens with zero attached hydrogens (tertiary/aromatic N) is 4. The van der Waals surface area contributed by atoms with Gasteiger partial charge in [0.1, 0.15) is 16.9 Å². The van der Waals surface area contributed by atoms with Crippen LogP contribution in [-0.4, -0.2) is 16.6 Å². The lowest BCUT2D eigenvalue weighted by Gasteiger charge is -2.00. The molecular weight excluding hydrogens is 400 g/mol. The largest absolute Gasteiger partial charge is 0.454 e. The molecule has 0 fully saturated rings. The van der Waals surface area contributed by atoms with Crippen molar-refractivity contribution < 1.29 is 4.42 Å². The van der Waals surface area contributed by atoms with E-state index in [-0.39, 0.29) is 0 Å². The summed E-state index contributed by atoms with van der Waals surface area (Å²) in [6, 6.07) is 18.6. The van der Waals surface area contributed by atoms with Crippen LogP contribution in [0.25, 0.3) is 0 Å². The molecule has 0 bridgehead atoms. The highest BCUT2D eigenvalue weighted by molar-refractivity contribution is 8.03. The van der Waals surface area contributed by atoms with Crippen LogP contribution in [0.1, 0.15) is 25.4 Å². The van der Waals surface area contributed by atoms with E-state index in [0.717, 1.165) is 45.1 Å². The van der Waals surface area contributed by atoms with Gasteiger partial charge in [-0.3, -0.25) is 0 Å². The molecule has 0 N–H and O–H groups in total. The molecule has 0 aliphatic rings. The van der Waals surface area contributed by atoms with Gasteiger partial charge in [0, 0.05) is 4.90 Å². The highest BCUT2D eigenvalue weighted by Gasteiger charge is 2.08. The van der Waals surface area contributed by atoms with Crippen LogP contribution < -0.4 is 0 Å². The minimum atomic E-state index is 0.677. The molecule has 5 nitrogen and oxygen atoms in total. The Hall–Kier alpha value is -3.30. The Kier molecular flexibility index (Phi) is 6.88. The smallest absolute Gasteiger partial charge is 0.148 e. The SMILES string of the molecule is CC(=Nc1ccc(N=C=S)cc1)c1ccc(C(C)=Nc2ccc(SC#N)cc2)o1. The van der Waals surface area contributed by atoms with Gasteiger partial charge >= 0.3 is 0 Å². The van der Waals surface area contributed by atoms with Crippen LogP contribution in [-0.2, 0) is 0 Å². The zero-order chi connectivity index (χ0) is 20.6. The lowest BCUT2D eigenvalue weighted by atomic mass is 10.2. The molecule has 2 aromatic carbocycles. The van der Waals surface area contributed by atoms with Crippen molar-refractivity contribution in [2.75, 3.05) is 0 Å². The molecule has 142 valence electrons. The fraction of sp³-hybridized carbons (Fsp3) is 0.0909. The fourth-order valence-corrected chi connectivity index (χ4v) is 3.00. The Bertz CT molecular complexity index is 1150. The third-order valence-electron chi connectivity index (χ3n) is 3.94. The standard InChI is InChI=1S/C22H16N4OS2/c1-15(25-18-5-3-17(4-6-18)24-14-28)21-11-12-22(27-21)16(2)26-19-7-9-20(10-8-19)29-13-23/h3-12H,1-2H3. The fourth-order valence-electron chi connectivity index (χ4n) is 2.52. The molecule has 0 aliphatic heterocycles. The van der Waals surface area contributed by atoms with Crippen molar-refractivity contribution in [2.45, 2.75) is 18.7 Å². The minimum Gasteiger partial charge on any atom is -0.454 e. The second-order valence-electron chi connectivity index (χ2n) is 5.97. The number of hydrogen-bond acceptors (Lipinski definition) is 7. The topological polar surface area (TPSA) is 74.0 Å². The predicted octanol–water partition coefficient (Wildman–Crippen LogP) is 6.87. The molecule has 0 saturated carbocycles. The van der Waals surface area contributed by atoms with Gasteiger partial charge in [-0.2, -0.15) is 10.3 Å². The van der Waals surface area contributed by atoms with Gasteiger partial charge in [-0.05, 0) is 98.5 Å². The van der Waals surface area contributed by atoms with Crippen molar-refractivity contribution in [3.05, 3.63) is 72.2 Å². The number of thiocyanates is 1. The van der Waals surface area contributed by atoms with Crippen LogP contribution in [0.5, 0.6) is 0 Å². The first-order valence-corrected chi connectivity index (χ1v) is 9.86. The molecule has 7 heteroatoms. The minimum absolute atomic E-state index is 0.677. The van der Waals surface area contributed by atoms with Gasteiger partial charge in [0.2, 0.25) is 0 Å². The van der Waals surface area contributed by atoms with Crippen LogP contribution in [0.3, 0.4) is 0 Å². The summed E-state index contributed by atoms with van der Waals surface area (Å²) >= 11 is 5.72. The van der Waals surface area contributed by atoms with Crippen LogP contribution >= 0.6 is 24.0 Å². The Morgan fingerprint density at radius 2 is 1.31 bits per heavy atom. The number of nitriles is 1. The van der Waals surface area contributed by atoms with E-state index in [0.29, 0.717) is 11.5 Å². The van der Waals surface area contributed by atoms with E-state index in [1.54, 1.807) is 0 Å². The second kappa shape index (κ2) is 9.76. The third kappa shape index (κ3) is 5.59. The van der Waals surface area contributed by atoms with Crippen molar-refractivity contribution in [3.63, 3.8) is 0 Å². The highest BCUT2D eigenvalue weighted by atomic mass is 32.2. The number of isothiocyanates is 1. The Morgan fingerprint density at radius 1 is 0.828 bits per heavy atom. The summed E-state index contributed by atoms with van der Waals surface area (Å²) in [6.07, 6.45) is 0. The zero-order valence-corrected chi connectivity index (χ0v) is 17.4. The number of furan rings is 1. The van der Waals surface area contributed by atoms with Gasteiger partial charge in [-0.15, -0.1) is 0 Å². The Balaban J connectivity index is 1.76. The average molecular weight is 417 g/mol. The van der Waals surface area contributed by atoms with Gasteiger partial charge in [0.25, 0.3) is 0 Å². The maximum atomic E-state index is 8.71. The molecule has 29 heavy (non-hydrogen) atoms. The summed E-state index contributed by atoms with van der Waals surface area (Å²) in [5.74, 6) is 1.35. The van der Waals surface area contributed by atoms with Crippen LogP contribution in [0.2, 0.25) is 0 Å². The molecule has 0 amide bonds. The van der Waals surface area contributed by atoms with Crippen LogP contribution in [0.15, 0.2) is 85.0 Å². The molecule has 0 saturated heterocycles. The Morgan fingerprint density at radius 3 is 1.79 bits per heavy atom. The van der Waals surface area contributed by atoms with E-state index in [1.807, 2.05) is 74.5 Å². The molecule has 0 unspecified atom stereocenters. The number of aliphatic imine (C=N–C) groups is 3. The van der Waals surface area contributed by atoms with Crippen molar-refractivity contribution in [1.29, 1.82) is 5.26 Å². The van der Waals surface area contributed by atoms with Crippen LogP contribution in [0.4, 0.5) is 17.1 Å². The van der Waals surface area contributed by atoms with Crippen LogP contribution in [0, 0.1) is 10.7 Å². The molecule has 0 radical (unpaired) electrons. The average Bonchev–Trinajstić information content (AvgIpc) is 3.22. The predicted molar refractivity (Wildman–Crippen MR) is 121 cm³/mol. The summed E-state index contributed by atoms with van der Waals surface area (Å²) in [6.45, 7) is 3.78.